The number of methoxy groups -OCH3 is 1. The van der Waals surface area contributed by atoms with Gasteiger partial charge in [0, 0.05) is 10.6 Å². The molecule has 0 atom stereocenters. The monoisotopic (exact) mass is 305 g/mol. The Morgan fingerprint density at radius 3 is 2.57 bits per heavy atom. The normalized spacial score (nSPS) is 10.5. The molecule has 0 aliphatic heterocycles. The first-order chi connectivity index (χ1) is 10.2. The second kappa shape index (κ2) is 7.34. The summed E-state index contributed by atoms with van der Waals surface area (Å²) in [6, 6.07) is 11.5. The minimum absolute atomic E-state index is 0.520. The molecule has 0 aliphatic rings. The lowest BCUT2D eigenvalue weighted by atomic mass is 10.1. The predicted octanol–water partition coefficient (Wildman–Crippen LogP) is 4.20. The summed E-state index contributed by atoms with van der Waals surface area (Å²) in [6.07, 6.45) is 1.62. The van der Waals surface area contributed by atoms with Gasteiger partial charge in [-0.05, 0) is 49.2 Å². The number of hydrogen-bond donors (Lipinski definition) is 1. The van der Waals surface area contributed by atoms with Crippen LogP contribution in [0, 0.1) is 0 Å². The number of halogens is 1. The van der Waals surface area contributed by atoms with Crippen molar-refractivity contribution in [2.75, 3.05) is 13.7 Å². The number of rotatable bonds is 6. The van der Waals surface area contributed by atoms with E-state index in [1.54, 1.807) is 7.11 Å². The molecule has 3 nitrogen and oxygen atoms in total. The van der Waals surface area contributed by atoms with Crippen LogP contribution in [-0.4, -0.2) is 13.7 Å². The van der Waals surface area contributed by atoms with Crippen molar-refractivity contribution in [2.24, 2.45) is 5.73 Å². The van der Waals surface area contributed by atoms with E-state index in [0.29, 0.717) is 29.5 Å². The van der Waals surface area contributed by atoms with Crippen LogP contribution in [0.25, 0.3) is 0 Å². The van der Waals surface area contributed by atoms with Crippen LogP contribution < -0.4 is 15.2 Å². The van der Waals surface area contributed by atoms with Crippen molar-refractivity contribution in [3.8, 4) is 17.2 Å². The molecule has 0 unspecified atom stereocenters. The highest BCUT2D eigenvalue weighted by molar-refractivity contribution is 6.31. The molecule has 0 heterocycles. The first-order valence-corrected chi connectivity index (χ1v) is 7.39. The molecule has 0 radical (unpaired) electrons. The fourth-order valence-corrected chi connectivity index (χ4v) is 2.42. The lowest BCUT2D eigenvalue weighted by Gasteiger charge is -2.15. The van der Waals surface area contributed by atoms with Crippen LogP contribution in [0.4, 0.5) is 0 Å². The smallest absolute Gasteiger partial charge is 0.169 e. The highest BCUT2D eigenvalue weighted by atomic mass is 35.5. The molecule has 0 spiro atoms. The van der Waals surface area contributed by atoms with Crippen LogP contribution in [0.5, 0.6) is 17.2 Å². The number of benzene rings is 2. The van der Waals surface area contributed by atoms with E-state index in [1.165, 1.54) is 5.56 Å². The highest BCUT2D eigenvalue weighted by Gasteiger charge is 2.11. The molecule has 21 heavy (non-hydrogen) atoms. The zero-order valence-corrected chi connectivity index (χ0v) is 13.1. The highest BCUT2D eigenvalue weighted by Crippen LogP contribution is 2.36. The van der Waals surface area contributed by atoms with Gasteiger partial charge in [0.25, 0.3) is 0 Å². The number of aryl methyl sites for hydroxylation is 1. The Balaban J connectivity index is 2.36. The van der Waals surface area contributed by atoms with E-state index in [1.807, 2.05) is 36.4 Å². The Morgan fingerprint density at radius 2 is 1.90 bits per heavy atom. The standard InChI is InChI=1S/C17H20ClNO2/c1-3-12-7-8-16(17(11-12)20-2)21-15-6-4-5-14(18)13(15)9-10-19/h4-8,11H,3,9-10,19H2,1-2H3. The third kappa shape index (κ3) is 3.69. The lowest BCUT2D eigenvalue weighted by molar-refractivity contribution is 0.377. The van der Waals surface area contributed by atoms with E-state index in [-0.39, 0.29) is 0 Å². The summed E-state index contributed by atoms with van der Waals surface area (Å²) >= 11 is 6.23. The summed E-state index contributed by atoms with van der Waals surface area (Å²) in [5, 5.41) is 0.669. The van der Waals surface area contributed by atoms with Crippen molar-refractivity contribution in [1.29, 1.82) is 0 Å². The Labute approximate surface area is 130 Å². The van der Waals surface area contributed by atoms with Crippen molar-refractivity contribution in [3.05, 3.63) is 52.5 Å². The fourth-order valence-electron chi connectivity index (χ4n) is 2.16. The minimum Gasteiger partial charge on any atom is -0.493 e. The molecule has 112 valence electrons. The van der Waals surface area contributed by atoms with E-state index in [9.17, 15) is 0 Å². The summed E-state index contributed by atoms with van der Waals surface area (Å²) in [4.78, 5) is 0. The van der Waals surface area contributed by atoms with Crippen LogP contribution in [0.2, 0.25) is 5.02 Å². The molecule has 0 aromatic heterocycles. The van der Waals surface area contributed by atoms with Gasteiger partial charge in [0.15, 0.2) is 11.5 Å². The van der Waals surface area contributed by atoms with Gasteiger partial charge in [-0.3, -0.25) is 0 Å². The van der Waals surface area contributed by atoms with Gasteiger partial charge in [0.1, 0.15) is 5.75 Å². The fraction of sp³-hybridized carbons (Fsp3) is 0.294. The maximum atomic E-state index is 6.23. The molecular weight excluding hydrogens is 286 g/mol. The topological polar surface area (TPSA) is 44.5 Å². The zero-order valence-electron chi connectivity index (χ0n) is 12.4. The SMILES string of the molecule is CCc1ccc(Oc2cccc(Cl)c2CCN)c(OC)c1. The molecule has 2 aromatic carbocycles. The largest absolute Gasteiger partial charge is 0.493 e. The average Bonchev–Trinajstić information content (AvgIpc) is 2.51. The summed E-state index contributed by atoms with van der Waals surface area (Å²) in [7, 11) is 1.64. The van der Waals surface area contributed by atoms with Crippen LogP contribution in [0.3, 0.4) is 0 Å². The Kier molecular flexibility index (Phi) is 5.48. The summed E-state index contributed by atoms with van der Waals surface area (Å²) < 4.78 is 11.4. The molecular formula is C17H20ClNO2. The van der Waals surface area contributed by atoms with Crippen LogP contribution in [0.15, 0.2) is 36.4 Å². The lowest BCUT2D eigenvalue weighted by Crippen LogP contribution is -2.05. The third-order valence-electron chi connectivity index (χ3n) is 3.33. The Hall–Kier alpha value is -1.71. The van der Waals surface area contributed by atoms with Gasteiger partial charge in [0.05, 0.1) is 7.11 Å². The Morgan fingerprint density at radius 1 is 1.10 bits per heavy atom. The van der Waals surface area contributed by atoms with E-state index in [4.69, 9.17) is 26.8 Å². The third-order valence-corrected chi connectivity index (χ3v) is 3.68. The van der Waals surface area contributed by atoms with Crippen molar-refractivity contribution >= 4 is 11.6 Å². The van der Waals surface area contributed by atoms with Gasteiger partial charge in [-0.25, -0.2) is 0 Å². The molecule has 2 rings (SSSR count). The minimum atomic E-state index is 0.520. The van der Waals surface area contributed by atoms with Crippen LogP contribution in [0.1, 0.15) is 18.1 Å². The van der Waals surface area contributed by atoms with Gasteiger partial charge in [-0.2, -0.15) is 0 Å². The molecule has 0 fully saturated rings. The van der Waals surface area contributed by atoms with Crippen LogP contribution >= 0.6 is 11.6 Å². The van der Waals surface area contributed by atoms with E-state index < -0.39 is 0 Å². The molecule has 0 saturated carbocycles. The van der Waals surface area contributed by atoms with E-state index in [2.05, 4.69) is 6.92 Å². The molecule has 2 N–H and O–H groups in total. The van der Waals surface area contributed by atoms with Crippen molar-refractivity contribution in [1.82, 2.24) is 0 Å². The predicted molar refractivity (Wildman–Crippen MR) is 86.7 cm³/mol. The van der Waals surface area contributed by atoms with Gasteiger partial charge < -0.3 is 15.2 Å². The number of nitrogens with two attached hydrogens (primary N) is 1. The zero-order chi connectivity index (χ0) is 15.2. The first-order valence-electron chi connectivity index (χ1n) is 7.01. The molecule has 0 aliphatic carbocycles. The maximum Gasteiger partial charge on any atom is 0.169 e. The maximum absolute atomic E-state index is 6.23. The molecule has 2 aromatic rings. The van der Waals surface area contributed by atoms with Gasteiger partial charge >= 0.3 is 0 Å². The van der Waals surface area contributed by atoms with Gasteiger partial charge in [-0.15, -0.1) is 0 Å². The van der Waals surface area contributed by atoms with Gasteiger partial charge in [-0.1, -0.05) is 30.7 Å². The first kappa shape index (κ1) is 15.7. The average molecular weight is 306 g/mol. The summed E-state index contributed by atoms with van der Waals surface area (Å²) in [5.41, 5.74) is 7.77. The number of hydrogen-bond acceptors (Lipinski definition) is 3. The molecule has 0 amide bonds. The van der Waals surface area contributed by atoms with Crippen molar-refractivity contribution in [3.63, 3.8) is 0 Å². The van der Waals surface area contributed by atoms with Gasteiger partial charge in [0.2, 0.25) is 0 Å². The quantitative estimate of drug-likeness (QED) is 0.869. The molecule has 0 saturated heterocycles. The Bertz CT molecular complexity index is 614. The second-order valence-corrected chi connectivity index (χ2v) is 5.10. The summed E-state index contributed by atoms with van der Waals surface area (Å²) in [6.45, 7) is 2.62. The molecule has 4 heteroatoms. The van der Waals surface area contributed by atoms with E-state index in [0.717, 1.165) is 17.7 Å². The van der Waals surface area contributed by atoms with Crippen molar-refractivity contribution in [2.45, 2.75) is 19.8 Å². The van der Waals surface area contributed by atoms with Crippen molar-refractivity contribution < 1.29 is 9.47 Å². The number of ether oxygens (including phenoxy) is 2. The molecule has 0 bridgehead atoms. The summed E-state index contributed by atoms with van der Waals surface area (Å²) in [5.74, 6) is 2.11. The van der Waals surface area contributed by atoms with Crippen LogP contribution in [-0.2, 0) is 12.8 Å². The second-order valence-electron chi connectivity index (χ2n) is 4.70. The van der Waals surface area contributed by atoms with E-state index >= 15 is 0 Å².